The third-order valence-electron chi connectivity index (χ3n) is 2.91. The maximum Gasteiger partial charge on any atom is 0.254 e. The molecule has 0 aliphatic heterocycles. The fourth-order valence-electron chi connectivity index (χ4n) is 1.68. The second-order valence-electron chi connectivity index (χ2n) is 4.26. The van der Waals surface area contributed by atoms with Crippen molar-refractivity contribution in [2.24, 2.45) is 5.92 Å². The molecule has 17 heavy (non-hydrogen) atoms. The van der Waals surface area contributed by atoms with Crippen molar-refractivity contribution in [1.29, 1.82) is 0 Å². The summed E-state index contributed by atoms with van der Waals surface area (Å²) in [5.74, 6) is -0.119. The van der Waals surface area contributed by atoms with Gasteiger partial charge in [0.05, 0.1) is 5.56 Å². The van der Waals surface area contributed by atoms with Gasteiger partial charge in [0.25, 0.3) is 5.91 Å². The van der Waals surface area contributed by atoms with E-state index in [0.29, 0.717) is 6.54 Å². The van der Waals surface area contributed by atoms with E-state index in [9.17, 15) is 9.18 Å². The molecule has 1 aliphatic rings. The predicted molar refractivity (Wildman–Crippen MR) is 63.4 cm³/mol. The first kappa shape index (κ1) is 11.8. The van der Waals surface area contributed by atoms with E-state index in [4.69, 9.17) is 0 Å². The van der Waals surface area contributed by atoms with Crippen LogP contribution >= 0.6 is 0 Å². The van der Waals surface area contributed by atoms with Crippen molar-refractivity contribution in [2.45, 2.75) is 19.3 Å². The normalized spacial score (nSPS) is 14.5. The lowest BCUT2D eigenvalue weighted by atomic mass is 10.2. The second-order valence-corrected chi connectivity index (χ2v) is 4.26. The Morgan fingerprint density at radius 2 is 2.35 bits per heavy atom. The third kappa shape index (κ3) is 2.93. The maximum atomic E-state index is 13.7. The summed E-state index contributed by atoms with van der Waals surface area (Å²) in [5, 5.41) is 5.34. The van der Waals surface area contributed by atoms with E-state index < -0.39 is 5.82 Å². The molecule has 0 atom stereocenters. The monoisotopic (exact) mass is 237 g/mol. The van der Waals surface area contributed by atoms with Crippen LogP contribution in [0.15, 0.2) is 12.3 Å². The van der Waals surface area contributed by atoms with Crippen molar-refractivity contribution in [3.63, 3.8) is 0 Å². The predicted octanol–water partition coefficient (Wildman–Crippen LogP) is 1.79. The van der Waals surface area contributed by atoms with E-state index in [2.05, 4.69) is 15.6 Å². The minimum absolute atomic E-state index is 0.0418. The lowest BCUT2D eigenvalue weighted by Crippen LogP contribution is -2.26. The molecule has 0 radical (unpaired) electrons. The Hall–Kier alpha value is -1.65. The van der Waals surface area contributed by atoms with E-state index >= 15 is 0 Å². The SMILES string of the molecule is CNc1nccc(C(=O)NCCC2CC2)c1F. The summed E-state index contributed by atoms with van der Waals surface area (Å²) >= 11 is 0. The van der Waals surface area contributed by atoms with Crippen LogP contribution in [0.1, 0.15) is 29.6 Å². The summed E-state index contributed by atoms with van der Waals surface area (Å²) in [6.45, 7) is 0.611. The van der Waals surface area contributed by atoms with Gasteiger partial charge in [0, 0.05) is 19.8 Å². The minimum Gasteiger partial charge on any atom is -0.371 e. The summed E-state index contributed by atoms with van der Waals surface area (Å²) in [6.07, 6.45) is 4.91. The molecule has 0 unspecified atom stereocenters. The molecule has 0 spiro atoms. The molecule has 5 heteroatoms. The molecule has 1 saturated carbocycles. The van der Waals surface area contributed by atoms with Crippen LogP contribution in [0, 0.1) is 11.7 Å². The van der Waals surface area contributed by atoms with Gasteiger partial charge < -0.3 is 10.6 Å². The average molecular weight is 237 g/mol. The van der Waals surface area contributed by atoms with Gasteiger partial charge >= 0.3 is 0 Å². The first-order valence-corrected chi connectivity index (χ1v) is 5.83. The van der Waals surface area contributed by atoms with E-state index in [-0.39, 0.29) is 17.3 Å². The van der Waals surface area contributed by atoms with Crippen molar-refractivity contribution in [3.05, 3.63) is 23.6 Å². The number of rotatable bonds is 5. The molecule has 2 N–H and O–H groups in total. The van der Waals surface area contributed by atoms with Crippen LogP contribution in [0.4, 0.5) is 10.2 Å². The minimum atomic E-state index is -0.598. The smallest absolute Gasteiger partial charge is 0.254 e. The molecule has 0 bridgehead atoms. The van der Waals surface area contributed by atoms with Crippen LogP contribution in [0.5, 0.6) is 0 Å². The number of amides is 1. The molecule has 1 aromatic heterocycles. The van der Waals surface area contributed by atoms with Gasteiger partial charge in [-0.3, -0.25) is 4.79 Å². The quantitative estimate of drug-likeness (QED) is 0.821. The number of carbonyl (C=O) groups excluding carboxylic acids is 1. The number of carbonyl (C=O) groups is 1. The fraction of sp³-hybridized carbons (Fsp3) is 0.500. The van der Waals surface area contributed by atoms with Crippen LogP contribution in [0.3, 0.4) is 0 Å². The van der Waals surface area contributed by atoms with Gasteiger partial charge in [-0.2, -0.15) is 0 Å². The van der Waals surface area contributed by atoms with Crippen molar-refractivity contribution in [2.75, 3.05) is 18.9 Å². The molecule has 2 rings (SSSR count). The standard InChI is InChI=1S/C12H16FN3O/c1-14-11-10(13)9(5-7-15-11)12(17)16-6-4-8-2-3-8/h5,7-8H,2-4,6H2,1H3,(H,14,15)(H,16,17). The van der Waals surface area contributed by atoms with Gasteiger partial charge in [-0.15, -0.1) is 0 Å². The fourth-order valence-corrected chi connectivity index (χ4v) is 1.68. The highest BCUT2D eigenvalue weighted by atomic mass is 19.1. The van der Waals surface area contributed by atoms with E-state index in [1.54, 1.807) is 7.05 Å². The molecule has 1 amide bonds. The molecular formula is C12H16FN3O. The molecular weight excluding hydrogens is 221 g/mol. The van der Waals surface area contributed by atoms with Crippen LogP contribution < -0.4 is 10.6 Å². The lowest BCUT2D eigenvalue weighted by molar-refractivity contribution is 0.0948. The number of halogens is 1. The highest BCUT2D eigenvalue weighted by Crippen LogP contribution is 2.31. The van der Waals surface area contributed by atoms with Gasteiger partial charge in [-0.25, -0.2) is 9.37 Å². The first-order chi connectivity index (χ1) is 8.22. The van der Waals surface area contributed by atoms with Crippen molar-refractivity contribution < 1.29 is 9.18 Å². The molecule has 1 fully saturated rings. The van der Waals surface area contributed by atoms with E-state index in [1.165, 1.54) is 25.1 Å². The van der Waals surface area contributed by atoms with Gasteiger partial charge in [0.1, 0.15) is 0 Å². The second kappa shape index (κ2) is 5.12. The summed E-state index contributed by atoms with van der Waals surface area (Å²) < 4.78 is 13.7. The van der Waals surface area contributed by atoms with Gasteiger partial charge in [0.15, 0.2) is 11.6 Å². The van der Waals surface area contributed by atoms with Crippen LogP contribution in [0.25, 0.3) is 0 Å². The van der Waals surface area contributed by atoms with E-state index in [0.717, 1.165) is 12.3 Å². The zero-order valence-electron chi connectivity index (χ0n) is 9.79. The highest BCUT2D eigenvalue weighted by molar-refractivity contribution is 5.95. The Morgan fingerprint density at radius 3 is 3.00 bits per heavy atom. The summed E-state index contributed by atoms with van der Waals surface area (Å²) in [4.78, 5) is 15.5. The van der Waals surface area contributed by atoms with Gasteiger partial charge in [-0.05, 0) is 18.4 Å². The first-order valence-electron chi connectivity index (χ1n) is 5.83. The number of anilines is 1. The Bertz CT molecular complexity index is 418. The largest absolute Gasteiger partial charge is 0.371 e. The summed E-state index contributed by atoms with van der Waals surface area (Å²) in [6, 6.07) is 1.39. The Morgan fingerprint density at radius 1 is 1.59 bits per heavy atom. The number of aromatic nitrogens is 1. The van der Waals surface area contributed by atoms with Gasteiger partial charge in [0.2, 0.25) is 0 Å². The zero-order chi connectivity index (χ0) is 12.3. The van der Waals surface area contributed by atoms with Crippen LogP contribution in [-0.2, 0) is 0 Å². The van der Waals surface area contributed by atoms with Gasteiger partial charge in [-0.1, -0.05) is 12.8 Å². The third-order valence-corrected chi connectivity index (χ3v) is 2.91. The number of pyridine rings is 1. The number of hydrogen-bond donors (Lipinski definition) is 2. The summed E-state index contributed by atoms with van der Waals surface area (Å²) in [5.41, 5.74) is 0.0418. The van der Waals surface area contributed by atoms with Crippen molar-refractivity contribution >= 4 is 11.7 Å². The van der Waals surface area contributed by atoms with E-state index in [1.807, 2.05) is 0 Å². The number of hydrogen-bond acceptors (Lipinski definition) is 3. The average Bonchev–Trinajstić information content (AvgIpc) is 3.13. The zero-order valence-corrected chi connectivity index (χ0v) is 9.79. The maximum absolute atomic E-state index is 13.7. The van der Waals surface area contributed by atoms with Crippen LogP contribution in [0.2, 0.25) is 0 Å². The highest BCUT2D eigenvalue weighted by Gasteiger charge is 2.21. The summed E-state index contributed by atoms with van der Waals surface area (Å²) in [7, 11) is 1.57. The molecule has 1 aliphatic carbocycles. The topological polar surface area (TPSA) is 54.0 Å². The van der Waals surface area contributed by atoms with Crippen molar-refractivity contribution in [3.8, 4) is 0 Å². The Labute approximate surface area is 99.6 Å². The Balaban J connectivity index is 1.97. The molecule has 0 saturated heterocycles. The molecule has 1 heterocycles. The molecule has 4 nitrogen and oxygen atoms in total. The lowest BCUT2D eigenvalue weighted by Gasteiger charge is -2.07. The van der Waals surface area contributed by atoms with Crippen LogP contribution in [-0.4, -0.2) is 24.5 Å². The Kier molecular flexibility index (Phi) is 3.56. The van der Waals surface area contributed by atoms with Crippen molar-refractivity contribution in [1.82, 2.24) is 10.3 Å². The molecule has 92 valence electrons. The molecule has 1 aromatic rings. The molecule has 0 aromatic carbocycles. The number of nitrogens with one attached hydrogen (secondary N) is 2. The number of nitrogens with zero attached hydrogens (tertiary/aromatic N) is 1.